The van der Waals surface area contributed by atoms with Crippen LogP contribution in [0.25, 0.3) is 44.3 Å². The number of benzene rings is 6. The van der Waals surface area contributed by atoms with Gasteiger partial charge >= 0.3 is 0 Å². The van der Waals surface area contributed by atoms with Gasteiger partial charge in [-0.05, 0) is 59.3 Å². The first-order chi connectivity index (χ1) is 26.5. The summed E-state index contributed by atoms with van der Waals surface area (Å²) in [6, 6.07) is 57.0. The maximum absolute atomic E-state index is 8.27. The second-order valence-electron chi connectivity index (χ2n) is 12.2. The zero-order valence-electron chi connectivity index (χ0n) is 32.7. The molecule has 0 saturated carbocycles. The molecule has 0 atom stereocenters. The molecule has 0 unspecified atom stereocenters. The molecule has 6 aromatic carbocycles. The van der Waals surface area contributed by atoms with E-state index in [9.17, 15) is 0 Å². The van der Waals surface area contributed by atoms with Gasteiger partial charge in [0.2, 0.25) is 0 Å². The third-order valence-electron chi connectivity index (χ3n) is 9.45. The molecule has 0 amide bonds. The third-order valence-corrected chi connectivity index (χ3v) is 9.45. The van der Waals surface area contributed by atoms with Gasteiger partial charge in [0.05, 0.1) is 0 Å². The summed E-state index contributed by atoms with van der Waals surface area (Å²) in [5.74, 6) is 0.480. The molecule has 4 nitrogen and oxygen atoms in total. The largest absolute Gasteiger partial charge is 0.319 e. The molecule has 3 heterocycles. The first kappa shape index (κ1) is 25.4. The zero-order chi connectivity index (χ0) is 38.0. The molecule has 9 aromatic rings. The van der Waals surface area contributed by atoms with Gasteiger partial charge in [0.1, 0.15) is 5.82 Å². The molecule has 3 aromatic heterocycles. The average molecular weight is 831 g/mol. The van der Waals surface area contributed by atoms with E-state index in [0.29, 0.717) is 17.0 Å². The Balaban J connectivity index is 0.00000441. The Bertz CT molecular complexity index is 2820. The minimum absolute atomic E-state index is 0. The summed E-state index contributed by atoms with van der Waals surface area (Å²) in [4.78, 5) is 4.69. The molecule has 0 fully saturated rings. The molecule has 0 N–H and O–H groups in total. The van der Waals surface area contributed by atoms with Crippen molar-refractivity contribution in [3.05, 3.63) is 204 Å². The van der Waals surface area contributed by atoms with Gasteiger partial charge in [-0.15, -0.1) is 22.6 Å². The van der Waals surface area contributed by atoms with Crippen LogP contribution in [-0.4, -0.2) is 18.7 Å². The number of aromatic nitrogens is 4. The van der Waals surface area contributed by atoms with Crippen molar-refractivity contribution in [3.63, 3.8) is 0 Å². The van der Waals surface area contributed by atoms with Crippen molar-refractivity contribution in [1.29, 1.82) is 0 Å². The van der Waals surface area contributed by atoms with E-state index in [4.69, 9.17) is 13.2 Å². The van der Waals surface area contributed by atoms with Crippen LogP contribution in [0, 0.1) is 19.0 Å². The molecular formula is C45H33N4Pt-. The quantitative estimate of drug-likeness (QED) is 0.121. The predicted molar refractivity (Wildman–Crippen MR) is 200 cm³/mol. The number of nitrogens with zero attached hydrogens (tertiary/aromatic N) is 4. The number of hydrogen-bond acceptors (Lipinski definition) is 1. The van der Waals surface area contributed by atoms with E-state index in [1.807, 2.05) is 100 Å². The minimum Gasteiger partial charge on any atom is -0.319 e. The molecule has 0 aliphatic rings. The van der Waals surface area contributed by atoms with E-state index < -0.39 is 19.2 Å². The summed E-state index contributed by atoms with van der Waals surface area (Å²) in [5, 5.41) is 1.93. The summed E-state index contributed by atoms with van der Waals surface area (Å²) in [6.07, 6.45) is 3.16. The molecule has 9 rings (SSSR count). The first-order valence-electron chi connectivity index (χ1n) is 19.1. The van der Waals surface area contributed by atoms with Crippen LogP contribution in [0.5, 0.6) is 0 Å². The third kappa shape index (κ3) is 4.94. The van der Waals surface area contributed by atoms with Gasteiger partial charge in [-0.3, -0.25) is 0 Å². The van der Waals surface area contributed by atoms with E-state index in [-0.39, 0.29) is 26.6 Å². The number of hydrogen-bond donors (Lipinski definition) is 0. The van der Waals surface area contributed by atoms with Crippen molar-refractivity contribution in [1.82, 2.24) is 18.7 Å². The standard InChI is InChI=1S/C45H33N4.Pt/c1-32-26-27-46-44(28-32)49-40-21-10-9-20-38(40)39-25-24-36(30-43(39)49)45(33-14-5-3-6-15-33,34-16-7-4-8-17-34)35-18-13-19-37(29-35)48-31-47(2)41-22-11-12-23-42(41)48;/h3-28,31H,1-2H3;/q-1;/i1D3,2D3;. The number of aryl methyl sites for hydroxylation is 2. The van der Waals surface area contributed by atoms with Crippen LogP contribution in [0.2, 0.25) is 0 Å². The number of rotatable bonds is 6. The average Bonchev–Trinajstić information content (AvgIpc) is 3.76. The van der Waals surface area contributed by atoms with Crippen molar-refractivity contribution >= 4 is 32.8 Å². The van der Waals surface area contributed by atoms with E-state index >= 15 is 0 Å². The zero-order valence-corrected chi connectivity index (χ0v) is 29.0. The van der Waals surface area contributed by atoms with Gasteiger partial charge < -0.3 is 4.57 Å². The van der Waals surface area contributed by atoms with Crippen LogP contribution in [0.1, 0.15) is 36.0 Å². The topological polar surface area (TPSA) is 27.7 Å². The predicted octanol–water partition coefficient (Wildman–Crippen LogP) is 10.0. The van der Waals surface area contributed by atoms with E-state index in [0.717, 1.165) is 49.6 Å². The maximum atomic E-state index is 8.27. The molecule has 0 bridgehead atoms. The Morgan fingerprint density at radius 1 is 0.640 bits per heavy atom. The Morgan fingerprint density at radius 2 is 1.32 bits per heavy atom. The van der Waals surface area contributed by atoms with E-state index in [2.05, 4.69) is 60.7 Å². The Kier molecular flexibility index (Phi) is 6.46. The fourth-order valence-electron chi connectivity index (χ4n) is 7.32. The van der Waals surface area contributed by atoms with Crippen LogP contribution < -0.4 is 0 Å². The molecule has 0 aliphatic carbocycles. The minimum atomic E-state index is -2.39. The summed E-state index contributed by atoms with van der Waals surface area (Å²) >= 11 is 0. The Morgan fingerprint density at radius 3 is 2.06 bits per heavy atom. The number of fused-ring (bicyclic) bond motifs is 4. The molecule has 0 aliphatic heterocycles. The van der Waals surface area contributed by atoms with Gasteiger partial charge in [-0.25, -0.2) is 14.1 Å². The van der Waals surface area contributed by atoms with E-state index in [1.54, 1.807) is 18.6 Å². The SMILES string of the molecule is [2H]C([2H])([2H])c1ccnc(-n2c3[c-]c(C(c4[c-]c(-n5[cH+]n(C([2H])([2H])[2H])c6ccccc65)ccc4)(c4ccccc4)c4ccccc4)ccc3c3ccccc32)c1.[Pt]. The van der Waals surface area contributed by atoms with Gasteiger partial charge in [0.15, 0.2) is 17.4 Å². The maximum Gasteiger partial charge on any atom is 0.188 e. The van der Waals surface area contributed by atoms with Gasteiger partial charge in [-0.1, -0.05) is 90.4 Å². The molecule has 0 saturated heterocycles. The number of para-hydroxylation sites is 3. The molecule has 244 valence electrons. The van der Waals surface area contributed by atoms with Crippen molar-refractivity contribution in [2.75, 3.05) is 0 Å². The molecule has 0 radical (unpaired) electrons. The number of pyridine rings is 1. The monoisotopic (exact) mass is 830 g/mol. The fraction of sp³-hybridized carbons (Fsp3) is 0.0667. The molecule has 0 spiro atoms. The van der Waals surface area contributed by atoms with Crippen molar-refractivity contribution in [2.24, 2.45) is 6.98 Å². The molecule has 5 heteroatoms. The Labute approximate surface area is 314 Å². The number of imidazole rings is 1. The van der Waals surface area contributed by atoms with Crippen molar-refractivity contribution < 1.29 is 29.3 Å². The Hall–Kier alpha value is -5.57. The van der Waals surface area contributed by atoms with Gasteiger partial charge in [-0.2, -0.15) is 30.3 Å². The second kappa shape index (κ2) is 12.7. The summed E-state index contributed by atoms with van der Waals surface area (Å²) < 4.78 is 54.4. The summed E-state index contributed by atoms with van der Waals surface area (Å²) in [7, 11) is 0. The molecule has 50 heavy (non-hydrogen) atoms. The van der Waals surface area contributed by atoms with Crippen molar-refractivity contribution in [2.45, 2.75) is 12.3 Å². The first-order valence-corrected chi connectivity index (χ1v) is 16.1. The summed E-state index contributed by atoms with van der Waals surface area (Å²) in [6.45, 7) is -4.70. The van der Waals surface area contributed by atoms with Gasteiger partial charge in [0.25, 0.3) is 0 Å². The van der Waals surface area contributed by atoms with E-state index in [1.165, 1.54) is 10.6 Å². The van der Waals surface area contributed by atoms with Gasteiger partial charge in [0, 0.05) is 71.2 Å². The summed E-state index contributed by atoms with van der Waals surface area (Å²) in [5.41, 5.74) is 6.46. The van der Waals surface area contributed by atoms with Crippen LogP contribution in [-0.2, 0) is 33.5 Å². The van der Waals surface area contributed by atoms with Crippen molar-refractivity contribution in [3.8, 4) is 11.5 Å². The normalized spacial score (nSPS) is 13.9. The molecular weight excluding hydrogens is 792 g/mol. The fourth-order valence-corrected chi connectivity index (χ4v) is 7.32. The van der Waals surface area contributed by atoms with Crippen LogP contribution in [0.3, 0.4) is 0 Å². The van der Waals surface area contributed by atoms with Crippen LogP contribution in [0.15, 0.2) is 164 Å². The second-order valence-corrected chi connectivity index (χ2v) is 12.2. The van der Waals surface area contributed by atoms with Crippen LogP contribution in [0.4, 0.5) is 0 Å². The van der Waals surface area contributed by atoms with Crippen LogP contribution >= 0.6 is 0 Å². The smallest absolute Gasteiger partial charge is 0.188 e.